The molecule has 0 saturated heterocycles. The van der Waals surface area contributed by atoms with Gasteiger partial charge >= 0.3 is 0 Å². The van der Waals surface area contributed by atoms with E-state index in [9.17, 15) is 5.11 Å². The van der Waals surface area contributed by atoms with Gasteiger partial charge in [0.25, 0.3) is 0 Å². The molecule has 0 aromatic carbocycles. The monoisotopic (exact) mass is 221 g/mol. The summed E-state index contributed by atoms with van der Waals surface area (Å²) in [6, 6.07) is 4.09. The molecular formula is C12H19N3O. The molecule has 1 aliphatic rings. The molecule has 1 aliphatic carbocycles. The number of aliphatic hydroxyl groups is 1. The van der Waals surface area contributed by atoms with Crippen molar-refractivity contribution < 1.29 is 5.11 Å². The molecule has 4 nitrogen and oxygen atoms in total. The maximum absolute atomic E-state index is 9.31. The molecule has 1 heterocycles. The number of hydrogen-bond donors (Lipinski definition) is 3. The molecule has 1 fully saturated rings. The van der Waals surface area contributed by atoms with Gasteiger partial charge in [-0.3, -0.25) is 0 Å². The fourth-order valence-corrected chi connectivity index (χ4v) is 2.32. The minimum atomic E-state index is 0.264. The zero-order chi connectivity index (χ0) is 11.4. The Morgan fingerprint density at radius 1 is 1.38 bits per heavy atom. The van der Waals surface area contributed by atoms with Gasteiger partial charge in [0.1, 0.15) is 5.82 Å². The van der Waals surface area contributed by atoms with E-state index in [2.05, 4.69) is 10.3 Å². The average Bonchev–Trinajstić information content (AvgIpc) is 2.33. The number of rotatable bonds is 3. The smallest absolute Gasteiger partial charge is 0.123 e. The lowest BCUT2D eigenvalue weighted by Crippen LogP contribution is -2.34. The van der Waals surface area contributed by atoms with Crippen LogP contribution >= 0.6 is 0 Å². The summed E-state index contributed by atoms with van der Waals surface area (Å²) in [5.74, 6) is 0.902. The van der Waals surface area contributed by atoms with Crippen molar-refractivity contribution in [2.24, 2.45) is 5.92 Å². The Kier molecular flexibility index (Phi) is 3.62. The number of nitrogens with two attached hydrogens (primary N) is 1. The molecule has 0 amide bonds. The molecule has 0 spiro atoms. The Balaban J connectivity index is 1.99. The van der Waals surface area contributed by atoms with Crippen molar-refractivity contribution in [3.8, 4) is 0 Å². The average molecular weight is 221 g/mol. The molecule has 0 aliphatic heterocycles. The molecule has 2 atom stereocenters. The highest BCUT2D eigenvalue weighted by Gasteiger charge is 2.24. The van der Waals surface area contributed by atoms with Gasteiger partial charge in [-0.15, -0.1) is 0 Å². The lowest BCUT2D eigenvalue weighted by molar-refractivity contribution is 0.178. The number of aliphatic hydroxyl groups excluding tert-OH is 1. The first-order valence-corrected chi connectivity index (χ1v) is 5.88. The zero-order valence-electron chi connectivity index (χ0n) is 9.39. The van der Waals surface area contributed by atoms with Gasteiger partial charge in [0.15, 0.2) is 0 Å². The lowest BCUT2D eigenvalue weighted by atomic mass is 9.85. The van der Waals surface area contributed by atoms with Crippen molar-refractivity contribution in [3.63, 3.8) is 0 Å². The van der Waals surface area contributed by atoms with Gasteiger partial charge in [0, 0.05) is 18.6 Å². The van der Waals surface area contributed by atoms with Gasteiger partial charge in [-0.1, -0.05) is 12.8 Å². The van der Waals surface area contributed by atoms with Crippen LogP contribution in [0.1, 0.15) is 25.7 Å². The van der Waals surface area contributed by atoms with Crippen LogP contribution in [-0.2, 0) is 0 Å². The third-order valence-electron chi connectivity index (χ3n) is 3.28. The topological polar surface area (TPSA) is 71.2 Å². The molecule has 1 aromatic heterocycles. The van der Waals surface area contributed by atoms with E-state index in [1.165, 1.54) is 12.8 Å². The first kappa shape index (κ1) is 11.2. The minimum Gasteiger partial charge on any atom is -0.396 e. The van der Waals surface area contributed by atoms with Crippen molar-refractivity contribution in [2.45, 2.75) is 31.7 Å². The Labute approximate surface area is 95.9 Å². The van der Waals surface area contributed by atoms with Crippen molar-refractivity contribution in [1.82, 2.24) is 4.98 Å². The van der Waals surface area contributed by atoms with E-state index in [-0.39, 0.29) is 6.61 Å². The Bertz CT molecular complexity index is 326. The maximum atomic E-state index is 9.31. The van der Waals surface area contributed by atoms with E-state index >= 15 is 0 Å². The molecular weight excluding hydrogens is 202 g/mol. The number of hydrogen-bond acceptors (Lipinski definition) is 4. The van der Waals surface area contributed by atoms with E-state index in [4.69, 9.17) is 5.73 Å². The SMILES string of the molecule is Nc1ccc(NC2CCCCC2CO)cn1. The fourth-order valence-electron chi connectivity index (χ4n) is 2.32. The highest BCUT2D eigenvalue weighted by molar-refractivity contribution is 5.46. The van der Waals surface area contributed by atoms with E-state index in [0.29, 0.717) is 17.8 Å². The number of pyridine rings is 1. The van der Waals surface area contributed by atoms with Gasteiger partial charge in [0.05, 0.1) is 11.9 Å². The van der Waals surface area contributed by atoms with Gasteiger partial charge in [0.2, 0.25) is 0 Å². The number of nitrogen functional groups attached to an aromatic ring is 1. The summed E-state index contributed by atoms with van der Waals surface area (Å²) in [7, 11) is 0. The van der Waals surface area contributed by atoms with Gasteiger partial charge in [-0.25, -0.2) is 4.98 Å². The lowest BCUT2D eigenvalue weighted by Gasteiger charge is -2.31. The highest BCUT2D eigenvalue weighted by atomic mass is 16.3. The van der Waals surface area contributed by atoms with E-state index in [1.54, 1.807) is 12.3 Å². The minimum absolute atomic E-state index is 0.264. The molecule has 4 N–H and O–H groups in total. The summed E-state index contributed by atoms with van der Waals surface area (Å²) in [5.41, 5.74) is 6.52. The van der Waals surface area contributed by atoms with Crippen molar-refractivity contribution >= 4 is 11.5 Å². The Morgan fingerprint density at radius 3 is 2.88 bits per heavy atom. The van der Waals surface area contributed by atoms with E-state index in [0.717, 1.165) is 18.5 Å². The maximum Gasteiger partial charge on any atom is 0.123 e. The van der Waals surface area contributed by atoms with Crippen LogP contribution in [0.25, 0.3) is 0 Å². The third kappa shape index (κ3) is 2.64. The summed E-state index contributed by atoms with van der Waals surface area (Å²) >= 11 is 0. The van der Waals surface area contributed by atoms with Crippen LogP contribution in [0.2, 0.25) is 0 Å². The summed E-state index contributed by atoms with van der Waals surface area (Å²) in [6.45, 7) is 0.264. The number of nitrogens with one attached hydrogen (secondary N) is 1. The van der Waals surface area contributed by atoms with Crippen LogP contribution in [0.5, 0.6) is 0 Å². The quantitative estimate of drug-likeness (QED) is 0.725. The van der Waals surface area contributed by atoms with Crippen LogP contribution in [0.15, 0.2) is 18.3 Å². The van der Waals surface area contributed by atoms with E-state index < -0.39 is 0 Å². The molecule has 1 aromatic rings. The largest absolute Gasteiger partial charge is 0.396 e. The Morgan fingerprint density at radius 2 is 2.19 bits per heavy atom. The summed E-state index contributed by atoms with van der Waals surface area (Å²) in [5, 5.41) is 12.7. The molecule has 0 bridgehead atoms. The predicted molar refractivity (Wildman–Crippen MR) is 65.1 cm³/mol. The van der Waals surface area contributed by atoms with E-state index in [1.807, 2.05) is 6.07 Å². The molecule has 2 unspecified atom stereocenters. The molecule has 2 rings (SSSR count). The van der Waals surface area contributed by atoms with Crippen molar-refractivity contribution in [2.75, 3.05) is 17.7 Å². The second kappa shape index (κ2) is 5.16. The van der Waals surface area contributed by atoms with Crippen LogP contribution < -0.4 is 11.1 Å². The standard InChI is InChI=1S/C12H19N3O/c13-12-6-5-10(7-14-12)15-11-4-2-1-3-9(11)8-16/h5-7,9,11,15-16H,1-4,8H2,(H2,13,14). The highest BCUT2D eigenvalue weighted by Crippen LogP contribution is 2.26. The third-order valence-corrected chi connectivity index (χ3v) is 3.28. The van der Waals surface area contributed by atoms with Crippen LogP contribution in [0, 0.1) is 5.92 Å². The van der Waals surface area contributed by atoms with Crippen LogP contribution in [-0.4, -0.2) is 22.7 Å². The number of anilines is 2. The number of nitrogens with zero attached hydrogens (tertiary/aromatic N) is 1. The molecule has 88 valence electrons. The fraction of sp³-hybridized carbons (Fsp3) is 0.583. The first-order chi connectivity index (χ1) is 7.79. The second-order valence-corrected chi connectivity index (χ2v) is 4.45. The Hall–Kier alpha value is -1.29. The normalized spacial score (nSPS) is 25.3. The molecule has 4 heteroatoms. The molecule has 16 heavy (non-hydrogen) atoms. The van der Waals surface area contributed by atoms with Gasteiger partial charge in [-0.2, -0.15) is 0 Å². The number of aromatic nitrogens is 1. The van der Waals surface area contributed by atoms with Gasteiger partial charge in [-0.05, 0) is 25.0 Å². The van der Waals surface area contributed by atoms with Crippen molar-refractivity contribution in [3.05, 3.63) is 18.3 Å². The second-order valence-electron chi connectivity index (χ2n) is 4.45. The molecule has 0 radical (unpaired) electrons. The van der Waals surface area contributed by atoms with Gasteiger partial charge < -0.3 is 16.2 Å². The first-order valence-electron chi connectivity index (χ1n) is 5.88. The van der Waals surface area contributed by atoms with Crippen LogP contribution in [0.4, 0.5) is 11.5 Å². The summed E-state index contributed by atoms with van der Waals surface area (Å²) in [4.78, 5) is 4.05. The van der Waals surface area contributed by atoms with Crippen molar-refractivity contribution in [1.29, 1.82) is 0 Å². The summed E-state index contributed by atoms with van der Waals surface area (Å²) < 4.78 is 0. The molecule has 1 saturated carbocycles. The predicted octanol–water partition coefficient (Wildman–Crippen LogP) is 1.63. The summed E-state index contributed by atoms with van der Waals surface area (Å²) in [6.07, 6.45) is 6.44. The zero-order valence-corrected chi connectivity index (χ0v) is 9.39. The van der Waals surface area contributed by atoms with Crippen LogP contribution in [0.3, 0.4) is 0 Å².